The molecule has 2 aromatic rings. The van der Waals surface area contributed by atoms with E-state index in [0.29, 0.717) is 0 Å². The van der Waals surface area contributed by atoms with Gasteiger partial charge in [-0.05, 0) is 47.5 Å². The van der Waals surface area contributed by atoms with Gasteiger partial charge in [-0.3, -0.25) is 0 Å². The first-order valence-electron chi connectivity index (χ1n) is 7.09. The maximum atomic E-state index is 11.3. The van der Waals surface area contributed by atoms with Gasteiger partial charge in [0.1, 0.15) is 0 Å². The van der Waals surface area contributed by atoms with Crippen LogP contribution in [0.2, 0.25) is 0 Å². The molecule has 0 aliphatic heterocycles. The van der Waals surface area contributed by atoms with Crippen LogP contribution in [-0.4, -0.2) is 44.3 Å². The van der Waals surface area contributed by atoms with Crippen LogP contribution in [0.4, 0.5) is 0 Å². The molecule has 0 aliphatic rings. The Hall–Kier alpha value is -3.94. The predicted molar refractivity (Wildman–Crippen MR) is 89.6 cm³/mol. The first-order valence-corrected chi connectivity index (χ1v) is 7.09. The molecule has 4 N–H and O–H groups in total. The molecule has 0 saturated carbocycles. The van der Waals surface area contributed by atoms with E-state index in [4.69, 9.17) is 15.3 Å². The van der Waals surface area contributed by atoms with Gasteiger partial charge in [-0.2, -0.15) is 0 Å². The van der Waals surface area contributed by atoms with Crippen molar-refractivity contribution >= 4 is 36.0 Å². The number of carbonyl (C=O) groups is 4. The van der Waals surface area contributed by atoms with Gasteiger partial charge in [-0.15, -0.1) is 0 Å². The van der Waals surface area contributed by atoms with Crippen molar-refractivity contribution in [2.75, 3.05) is 0 Å². The van der Waals surface area contributed by atoms with Crippen LogP contribution >= 0.6 is 0 Å². The van der Waals surface area contributed by atoms with Crippen molar-refractivity contribution < 1.29 is 39.6 Å². The Kier molecular flexibility index (Phi) is 5.17. The maximum absolute atomic E-state index is 11.3. The standard InChI is InChI=1S/C18H12O8/c19-15(20)11-3-4-14(18(25)26)10(7-11)2-1-9-5-12(16(21)22)8-13(6-9)17(23)24/h1-8H,(H,19,20)(H,21,22)(H,23,24)(H,25,26)/b2-1-. The molecule has 0 aliphatic carbocycles. The molecule has 0 atom stereocenters. The molecule has 26 heavy (non-hydrogen) atoms. The summed E-state index contributed by atoms with van der Waals surface area (Å²) in [6.07, 6.45) is 2.59. The number of benzene rings is 2. The Morgan fingerprint density at radius 2 is 1.15 bits per heavy atom. The quantitative estimate of drug-likeness (QED) is 0.577. The number of carboxylic acid groups (broad SMARTS) is 4. The highest BCUT2D eigenvalue weighted by atomic mass is 16.4. The lowest BCUT2D eigenvalue weighted by Crippen LogP contribution is -2.04. The topological polar surface area (TPSA) is 149 Å². The van der Waals surface area contributed by atoms with Gasteiger partial charge < -0.3 is 20.4 Å². The van der Waals surface area contributed by atoms with Gasteiger partial charge in [-0.25, -0.2) is 19.2 Å². The number of carboxylic acids is 4. The number of hydrogen-bond acceptors (Lipinski definition) is 4. The zero-order chi connectivity index (χ0) is 19.4. The van der Waals surface area contributed by atoms with Crippen LogP contribution in [0.15, 0.2) is 36.4 Å². The van der Waals surface area contributed by atoms with E-state index in [-0.39, 0.29) is 33.4 Å². The van der Waals surface area contributed by atoms with Gasteiger partial charge in [0.05, 0.1) is 22.3 Å². The zero-order valence-electron chi connectivity index (χ0n) is 13.0. The Morgan fingerprint density at radius 1 is 0.615 bits per heavy atom. The Balaban J connectivity index is 2.54. The Morgan fingerprint density at radius 3 is 1.62 bits per heavy atom. The van der Waals surface area contributed by atoms with E-state index < -0.39 is 23.9 Å². The van der Waals surface area contributed by atoms with Crippen molar-refractivity contribution in [3.63, 3.8) is 0 Å². The number of hydrogen-bond donors (Lipinski definition) is 4. The molecule has 0 bridgehead atoms. The average molecular weight is 356 g/mol. The highest BCUT2D eigenvalue weighted by molar-refractivity contribution is 5.98. The van der Waals surface area contributed by atoms with Gasteiger partial charge in [0, 0.05) is 0 Å². The summed E-state index contributed by atoms with van der Waals surface area (Å²) >= 11 is 0. The first kappa shape index (κ1) is 18.4. The highest BCUT2D eigenvalue weighted by Crippen LogP contribution is 2.18. The van der Waals surface area contributed by atoms with E-state index in [1.165, 1.54) is 24.3 Å². The third-order valence-corrected chi connectivity index (χ3v) is 3.43. The lowest BCUT2D eigenvalue weighted by atomic mass is 10.0. The summed E-state index contributed by atoms with van der Waals surface area (Å²) in [6.45, 7) is 0. The van der Waals surface area contributed by atoms with Crippen LogP contribution in [0.3, 0.4) is 0 Å². The molecule has 0 radical (unpaired) electrons. The SMILES string of the molecule is O=C(O)c1cc(/C=C\c2cc(C(=O)O)ccc2C(=O)O)cc(C(=O)O)c1. The minimum Gasteiger partial charge on any atom is -0.478 e. The average Bonchev–Trinajstić information content (AvgIpc) is 2.59. The van der Waals surface area contributed by atoms with Gasteiger partial charge in [0.2, 0.25) is 0 Å². The summed E-state index contributed by atoms with van der Waals surface area (Å²) in [6, 6.07) is 6.87. The van der Waals surface area contributed by atoms with Crippen molar-refractivity contribution in [3.8, 4) is 0 Å². The second-order valence-electron chi connectivity index (χ2n) is 5.20. The van der Waals surface area contributed by atoms with Crippen molar-refractivity contribution in [2.24, 2.45) is 0 Å². The van der Waals surface area contributed by atoms with Crippen molar-refractivity contribution in [3.05, 3.63) is 69.8 Å². The van der Waals surface area contributed by atoms with E-state index in [2.05, 4.69) is 0 Å². The summed E-state index contributed by atoms with van der Waals surface area (Å²) in [4.78, 5) is 44.5. The van der Waals surface area contributed by atoms with E-state index in [9.17, 15) is 24.3 Å². The molecular weight excluding hydrogens is 344 g/mol. The number of aromatic carboxylic acids is 4. The monoisotopic (exact) mass is 356 g/mol. The van der Waals surface area contributed by atoms with E-state index in [1.807, 2.05) is 0 Å². The molecular formula is C18H12O8. The third kappa shape index (κ3) is 4.12. The molecule has 8 heteroatoms. The molecule has 132 valence electrons. The fourth-order valence-corrected chi connectivity index (χ4v) is 2.21. The Bertz CT molecular complexity index is 923. The largest absolute Gasteiger partial charge is 0.478 e. The minimum atomic E-state index is -1.32. The Labute approximate surface area is 146 Å². The molecule has 2 aromatic carbocycles. The van der Waals surface area contributed by atoms with Gasteiger partial charge in [0.25, 0.3) is 0 Å². The summed E-state index contributed by atoms with van der Waals surface area (Å²) in [7, 11) is 0. The summed E-state index contributed by atoms with van der Waals surface area (Å²) in [5.74, 6) is -5.14. The van der Waals surface area contributed by atoms with Crippen LogP contribution in [0.5, 0.6) is 0 Å². The van der Waals surface area contributed by atoms with Crippen LogP contribution < -0.4 is 0 Å². The fraction of sp³-hybridized carbons (Fsp3) is 0. The van der Waals surface area contributed by atoms with Crippen LogP contribution in [0, 0.1) is 0 Å². The molecule has 0 unspecified atom stereocenters. The molecule has 2 rings (SSSR count). The third-order valence-electron chi connectivity index (χ3n) is 3.43. The normalized spacial score (nSPS) is 10.6. The second kappa shape index (κ2) is 7.31. The molecule has 8 nitrogen and oxygen atoms in total. The lowest BCUT2D eigenvalue weighted by molar-refractivity contribution is 0.0681. The molecule has 0 saturated heterocycles. The summed E-state index contributed by atoms with van der Waals surface area (Å²) in [5.41, 5.74) is -0.488. The van der Waals surface area contributed by atoms with Gasteiger partial charge in [0.15, 0.2) is 0 Å². The lowest BCUT2D eigenvalue weighted by Gasteiger charge is -2.04. The van der Waals surface area contributed by atoms with Gasteiger partial charge >= 0.3 is 23.9 Å². The molecule has 0 heterocycles. The maximum Gasteiger partial charge on any atom is 0.336 e. The first-order chi connectivity index (χ1) is 12.2. The van der Waals surface area contributed by atoms with Crippen molar-refractivity contribution in [1.29, 1.82) is 0 Å². The van der Waals surface area contributed by atoms with Crippen LogP contribution in [0.25, 0.3) is 12.2 Å². The predicted octanol–water partition coefficient (Wildman–Crippen LogP) is 2.65. The molecule has 0 amide bonds. The zero-order valence-corrected chi connectivity index (χ0v) is 13.0. The van der Waals surface area contributed by atoms with E-state index in [0.717, 1.165) is 24.3 Å². The van der Waals surface area contributed by atoms with Crippen molar-refractivity contribution in [1.82, 2.24) is 0 Å². The highest BCUT2D eigenvalue weighted by Gasteiger charge is 2.13. The number of rotatable bonds is 6. The minimum absolute atomic E-state index is 0.0787. The smallest absolute Gasteiger partial charge is 0.336 e. The van der Waals surface area contributed by atoms with Gasteiger partial charge in [-0.1, -0.05) is 12.2 Å². The summed E-state index contributed by atoms with van der Waals surface area (Å²) < 4.78 is 0. The van der Waals surface area contributed by atoms with E-state index in [1.54, 1.807) is 0 Å². The van der Waals surface area contributed by atoms with Crippen LogP contribution in [-0.2, 0) is 0 Å². The molecule has 0 spiro atoms. The second-order valence-corrected chi connectivity index (χ2v) is 5.20. The summed E-state index contributed by atoms with van der Waals surface area (Å²) in [5, 5.41) is 36.3. The van der Waals surface area contributed by atoms with Crippen LogP contribution in [0.1, 0.15) is 52.6 Å². The van der Waals surface area contributed by atoms with Crippen molar-refractivity contribution in [2.45, 2.75) is 0 Å². The van der Waals surface area contributed by atoms with E-state index >= 15 is 0 Å². The molecule has 0 fully saturated rings. The molecule has 0 aromatic heterocycles. The fourth-order valence-electron chi connectivity index (χ4n) is 2.21.